The maximum atomic E-state index is 15.1. The van der Waals surface area contributed by atoms with Crippen LogP contribution in [0.5, 0.6) is 11.5 Å². The van der Waals surface area contributed by atoms with Crippen LogP contribution in [-0.4, -0.2) is 47.8 Å². The number of hydrogen-bond donors (Lipinski definition) is 1. The molecule has 224 valence electrons. The molecule has 3 aromatic carbocycles. The summed E-state index contributed by atoms with van der Waals surface area (Å²) in [5, 5.41) is 11.0. The Morgan fingerprint density at radius 3 is 2.36 bits per heavy atom. The van der Waals surface area contributed by atoms with E-state index in [1.807, 2.05) is 36.4 Å². The number of halogens is 2. The highest BCUT2D eigenvalue weighted by molar-refractivity contribution is 6.33. The van der Waals surface area contributed by atoms with Crippen LogP contribution in [0.4, 0.5) is 5.69 Å². The Bertz CT molecular complexity index is 1790. The highest BCUT2D eigenvalue weighted by Gasteiger charge is 2.70. The number of ether oxygens (including phenoxy) is 1. The van der Waals surface area contributed by atoms with Crippen molar-refractivity contribution in [2.45, 2.75) is 24.2 Å². The maximum absolute atomic E-state index is 15.1. The van der Waals surface area contributed by atoms with Gasteiger partial charge in [0.05, 0.1) is 41.0 Å². The van der Waals surface area contributed by atoms with Crippen molar-refractivity contribution in [2.24, 2.45) is 23.7 Å². The first kappa shape index (κ1) is 28.6. The van der Waals surface area contributed by atoms with E-state index in [1.165, 1.54) is 24.0 Å². The van der Waals surface area contributed by atoms with Crippen molar-refractivity contribution in [1.82, 2.24) is 4.90 Å². The third kappa shape index (κ3) is 3.77. The molecule has 44 heavy (non-hydrogen) atoms. The van der Waals surface area contributed by atoms with Gasteiger partial charge in [-0.15, -0.1) is 0 Å². The number of fused-ring (bicyclic) bond motifs is 4. The summed E-state index contributed by atoms with van der Waals surface area (Å²) in [4.78, 5) is 58.8. The number of likely N-dealkylation sites (tertiary alicyclic amines) is 1. The van der Waals surface area contributed by atoms with Crippen molar-refractivity contribution < 1.29 is 29.0 Å². The second-order valence-electron chi connectivity index (χ2n) is 11.9. The fraction of sp³-hybridized carbons (Fsp3) is 0.294. The number of anilines is 1. The van der Waals surface area contributed by atoms with Crippen molar-refractivity contribution >= 4 is 52.5 Å². The molecule has 3 fully saturated rings. The van der Waals surface area contributed by atoms with E-state index in [9.17, 15) is 19.5 Å². The van der Waals surface area contributed by atoms with Gasteiger partial charge in [0.15, 0.2) is 11.5 Å². The maximum Gasteiger partial charge on any atom is 0.246 e. The fourth-order valence-corrected chi connectivity index (χ4v) is 8.60. The van der Waals surface area contributed by atoms with Gasteiger partial charge in [-0.05, 0) is 60.2 Å². The van der Waals surface area contributed by atoms with Crippen LogP contribution in [-0.2, 0) is 24.6 Å². The summed E-state index contributed by atoms with van der Waals surface area (Å²) >= 11 is 12.9. The molecule has 8 nitrogen and oxygen atoms in total. The SMILES string of the molecule is COc1cc([C@H]2C3=CC[C@@H]4C(=O)N(C)C(=O)[C@@H]4[C@@H]3C[C@H]3C(=O)N(c4cccc(Cl)c4)C(=O)[C@@]23c2ccccc2)cc(Cl)c1O. The van der Waals surface area contributed by atoms with Gasteiger partial charge in [-0.25, -0.2) is 4.90 Å². The highest BCUT2D eigenvalue weighted by atomic mass is 35.5. The first-order valence-corrected chi connectivity index (χ1v) is 15.1. The van der Waals surface area contributed by atoms with Crippen molar-refractivity contribution in [3.8, 4) is 11.5 Å². The predicted molar refractivity (Wildman–Crippen MR) is 164 cm³/mol. The smallest absolute Gasteiger partial charge is 0.246 e. The fourth-order valence-electron chi connectivity index (χ4n) is 8.19. The van der Waals surface area contributed by atoms with E-state index in [4.69, 9.17) is 27.9 Å². The van der Waals surface area contributed by atoms with Crippen LogP contribution in [0.1, 0.15) is 29.9 Å². The number of benzene rings is 3. The zero-order valence-corrected chi connectivity index (χ0v) is 25.4. The van der Waals surface area contributed by atoms with Crippen LogP contribution in [0.3, 0.4) is 0 Å². The molecule has 7 rings (SSSR count). The van der Waals surface area contributed by atoms with Gasteiger partial charge in [0.2, 0.25) is 23.6 Å². The quantitative estimate of drug-likeness (QED) is 0.302. The average Bonchev–Trinajstić information content (AvgIpc) is 3.39. The number of carbonyl (C=O) groups excluding carboxylic acids is 4. The summed E-state index contributed by atoms with van der Waals surface area (Å²) in [5.41, 5.74) is 0.874. The minimum Gasteiger partial charge on any atom is -0.503 e. The number of phenols is 1. The van der Waals surface area contributed by atoms with Gasteiger partial charge in [0.1, 0.15) is 0 Å². The van der Waals surface area contributed by atoms with E-state index in [2.05, 4.69) is 0 Å². The molecule has 6 atom stereocenters. The Morgan fingerprint density at radius 1 is 0.909 bits per heavy atom. The zero-order chi connectivity index (χ0) is 31.1. The molecular weight excluding hydrogens is 603 g/mol. The molecule has 4 amide bonds. The Morgan fingerprint density at radius 2 is 1.66 bits per heavy atom. The third-order valence-corrected chi connectivity index (χ3v) is 10.5. The second kappa shape index (κ2) is 10.2. The van der Waals surface area contributed by atoms with Crippen LogP contribution in [0.2, 0.25) is 10.0 Å². The number of methoxy groups -OCH3 is 1. The lowest BCUT2D eigenvalue weighted by Crippen LogP contribution is -2.53. The Balaban J connectivity index is 1.54. The first-order valence-electron chi connectivity index (χ1n) is 14.4. The van der Waals surface area contributed by atoms with Gasteiger partial charge in [0.25, 0.3) is 0 Å². The summed E-state index contributed by atoms with van der Waals surface area (Å²) < 4.78 is 5.47. The number of carbonyl (C=O) groups is 4. The molecule has 2 aliphatic carbocycles. The van der Waals surface area contributed by atoms with Crippen LogP contribution in [0, 0.1) is 23.7 Å². The molecule has 0 radical (unpaired) electrons. The minimum atomic E-state index is -1.45. The lowest BCUT2D eigenvalue weighted by atomic mass is 9.49. The number of rotatable bonds is 4. The molecule has 3 aromatic rings. The number of imide groups is 2. The first-order chi connectivity index (χ1) is 21.1. The van der Waals surface area contributed by atoms with Gasteiger partial charge in [-0.1, -0.05) is 71.2 Å². The zero-order valence-electron chi connectivity index (χ0n) is 23.9. The monoisotopic (exact) mass is 630 g/mol. The predicted octanol–water partition coefficient (Wildman–Crippen LogP) is 5.50. The number of allylic oxidation sites excluding steroid dienone is 2. The average molecular weight is 632 g/mol. The number of nitrogens with zero attached hydrogens (tertiary/aromatic N) is 2. The molecule has 10 heteroatoms. The Hall–Kier alpha value is -4.14. The standard InChI is InChI=1S/C34H28Cl2N2O6/c1-37-30(40)22-12-11-21-23(27(22)32(37)42)16-24-31(41)38(20-10-6-9-19(35)15-20)33(43)34(24,18-7-4-3-5-8-18)28(21)17-13-25(36)29(39)26(14-17)44-2/h3-11,13-15,22-24,27-28,39H,12,16H2,1-2H3/t22-,23+,24-,27-,28-,34+/m0/s1. The topological polar surface area (TPSA) is 104 Å². The van der Waals surface area contributed by atoms with E-state index in [-0.39, 0.29) is 34.8 Å². The minimum absolute atomic E-state index is 0.0193. The van der Waals surface area contributed by atoms with Crippen molar-refractivity contribution in [3.63, 3.8) is 0 Å². The molecule has 0 bridgehead atoms. The van der Waals surface area contributed by atoms with E-state index in [0.29, 0.717) is 28.3 Å². The molecule has 2 saturated heterocycles. The summed E-state index contributed by atoms with van der Waals surface area (Å²) in [6.45, 7) is 0. The molecule has 2 heterocycles. The lowest BCUT2D eigenvalue weighted by Gasteiger charge is -2.50. The molecule has 0 aromatic heterocycles. The lowest BCUT2D eigenvalue weighted by molar-refractivity contribution is -0.138. The summed E-state index contributed by atoms with van der Waals surface area (Å²) in [6, 6.07) is 19.0. The molecule has 4 aliphatic rings. The molecule has 2 aliphatic heterocycles. The van der Waals surface area contributed by atoms with Gasteiger partial charge in [-0.2, -0.15) is 0 Å². The second-order valence-corrected chi connectivity index (χ2v) is 12.7. The normalized spacial score (nSPS) is 29.4. The van der Waals surface area contributed by atoms with Crippen LogP contribution < -0.4 is 9.64 Å². The van der Waals surface area contributed by atoms with Crippen LogP contribution in [0.25, 0.3) is 0 Å². The number of amides is 4. The number of phenolic OH excluding ortho intramolecular Hbond substituents is 1. The van der Waals surface area contributed by atoms with Gasteiger partial charge in [-0.3, -0.25) is 24.1 Å². The number of hydrogen-bond acceptors (Lipinski definition) is 6. The Labute approximate surface area is 263 Å². The van der Waals surface area contributed by atoms with Crippen molar-refractivity contribution in [2.75, 3.05) is 19.1 Å². The summed E-state index contributed by atoms with van der Waals surface area (Å²) in [6.07, 6.45) is 2.48. The van der Waals surface area contributed by atoms with Crippen molar-refractivity contribution in [1.29, 1.82) is 0 Å². The van der Waals surface area contributed by atoms with Crippen LogP contribution in [0.15, 0.2) is 78.4 Å². The van der Waals surface area contributed by atoms with E-state index >= 15 is 4.79 Å². The molecule has 1 saturated carbocycles. The summed E-state index contributed by atoms with van der Waals surface area (Å²) in [5.74, 6) is -4.87. The third-order valence-electron chi connectivity index (χ3n) is 9.99. The Kier molecular flexibility index (Phi) is 6.64. The number of aromatic hydroxyl groups is 1. The molecule has 0 unspecified atom stereocenters. The van der Waals surface area contributed by atoms with Crippen molar-refractivity contribution in [3.05, 3.63) is 99.6 Å². The largest absolute Gasteiger partial charge is 0.503 e. The molecule has 0 spiro atoms. The summed E-state index contributed by atoms with van der Waals surface area (Å²) in [7, 11) is 2.90. The van der Waals surface area contributed by atoms with Gasteiger partial charge in [0, 0.05) is 18.0 Å². The van der Waals surface area contributed by atoms with Crippen LogP contribution >= 0.6 is 23.2 Å². The highest BCUT2D eigenvalue weighted by Crippen LogP contribution is 2.65. The van der Waals surface area contributed by atoms with E-state index in [0.717, 1.165) is 5.57 Å². The van der Waals surface area contributed by atoms with E-state index in [1.54, 1.807) is 36.4 Å². The van der Waals surface area contributed by atoms with Gasteiger partial charge >= 0.3 is 0 Å². The van der Waals surface area contributed by atoms with Gasteiger partial charge < -0.3 is 9.84 Å². The molecule has 1 N–H and O–H groups in total. The van der Waals surface area contributed by atoms with E-state index < -0.39 is 46.8 Å². The molecular formula is C34H28Cl2N2O6.